The Morgan fingerprint density at radius 2 is 2.15 bits per heavy atom. The largest absolute Gasteiger partial charge is 0.396 e. The van der Waals surface area contributed by atoms with Gasteiger partial charge in [0.05, 0.1) is 6.04 Å². The third-order valence-corrected chi connectivity index (χ3v) is 2.04. The number of hydrogen-bond acceptors (Lipinski definition) is 3. The lowest BCUT2D eigenvalue weighted by Crippen LogP contribution is -2.43. The van der Waals surface area contributed by atoms with Crippen LogP contribution in [0.5, 0.6) is 0 Å². The van der Waals surface area contributed by atoms with Gasteiger partial charge in [-0.1, -0.05) is 6.92 Å². The Morgan fingerprint density at radius 1 is 1.54 bits per heavy atom. The maximum Gasteiger partial charge on any atom is 0.239 e. The molecule has 0 aliphatic heterocycles. The Balaban J connectivity index is 3.98. The molecule has 0 fully saturated rings. The van der Waals surface area contributed by atoms with Crippen LogP contribution in [0.2, 0.25) is 0 Å². The molecule has 0 aromatic heterocycles. The standard InChI is InChI=1S/C9H20N2O2/c1-3-8(10)9(13)11(4-2)6-5-7-12/h8,12H,3-7,10H2,1-2H3/t8-/m0/s1. The van der Waals surface area contributed by atoms with Gasteiger partial charge < -0.3 is 15.7 Å². The molecule has 0 aromatic rings. The Morgan fingerprint density at radius 3 is 2.54 bits per heavy atom. The highest BCUT2D eigenvalue weighted by atomic mass is 16.3. The van der Waals surface area contributed by atoms with Crippen LogP contribution in [0.15, 0.2) is 0 Å². The van der Waals surface area contributed by atoms with Crippen LogP contribution in [0, 0.1) is 0 Å². The molecule has 0 heterocycles. The van der Waals surface area contributed by atoms with Gasteiger partial charge in [-0.05, 0) is 19.8 Å². The normalized spacial score (nSPS) is 12.6. The van der Waals surface area contributed by atoms with E-state index in [-0.39, 0.29) is 12.5 Å². The van der Waals surface area contributed by atoms with Gasteiger partial charge in [0.1, 0.15) is 0 Å². The minimum atomic E-state index is -0.390. The summed E-state index contributed by atoms with van der Waals surface area (Å²) in [6.45, 7) is 5.18. The molecule has 0 aromatic carbocycles. The summed E-state index contributed by atoms with van der Waals surface area (Å²) in [6.07, 6.45) is 1.28. The molecule has 0 aliphatic rings. The molecule has 1 amide bonds. The van der Waals surface area contributed by atoms with Crippen molar-refractivity contribution in [2.45, 2.75) is 32.7 Å². The first-order valence-electron chi connectivity index (χ1n) is 4.82. The van der Waals surface area contributed by atoms with Gasteiger partial charge in [0.15, 0.2) is 0 Å². The molecule has 0 bridgehead atoms. The average Bonchev–Trinajstić information content (AvgIpc) is 2.17. The average molecular weight is 188 g/mol. The summed E-state index contributed by atoms with van der Waals surface area (Å²) in [4.78, 5) is 13.2. The molecule has 4 nitrogen and oxygen atoms in total. The van der Waals surface area contributed by atoms with E-state index in [2.05, 4.69) is 0 Å². The van der Waals surface area contributed by atoms with Crippen molar-refractivity contribution in [3.8, 4) is 0 Å². The number of nitrogens with zero attached hydrogens (tertiary/aromatic N) is 1. The lowest BCUT2D eigenvalue weighted by molar-refractivity contribution is -0.132. The van der Waals surface area contributed by atoms with Crippen LogP contribution < -0.4 is 5.73 Å². The fourth-order valence-corrected chi connectivity index (χ4v) is 1.09. The zero-order chi connectivity index (χ0) is 10.3. The van der Waals surface area contributed by atoms with Crippen molar-refractivity contribution in [3.05, 3.63) is 0 Å². The molecule has 3 N–H and O–H groups in total. The summed E-state index contributed by atoms with van der Waals surface area (Å²) in [7, 11) is 0. The Labute approximate surface area is 79.7 Å². The van der Waals surface area contributed by atoms with E-state index in [1.807, 2.05) is 13.8 Å². The maximum atomic E-state index is 11.5. The molecule has 13 heavy (non-hydrogen) atoms. The van der Waals surface area contributed by atoms with Crippen LogP contribution in [0.1, 0.15) is 26.7 Å². The van der Waals surface area contributed by atoms with Gasteiger partial charge in [-0.2, -0.15) is 0 Å². The van der Waals surface area contributed by atoms with Gasteiger partial charge in [-0.3, -0.25) is 4.79 Å². The zero-order valence-electron chi connectivity index (χ0n) is 8.49. The second-order valence-corrected chi connectivity index (χ2v) is 3.01. The van der Waals surface area contributed by atoms with Crippen LogP contribution in [0.25, 0.3) is 0 Å². The highest BCUT2D eigenvalue weighted by Crippen LogP contribution is 1.98. The van der Waals surface area contributed by atoms with Crippen LogP contribution >= 0.6 is 0 Å². The SMILES string of the molecule is CC[C@H](N)C(=O)N(CC)CCCO. The van der Waals surface area contributed by atoms with Crippen molar-refractivity contribution in [1.82, 2.24) is 4.90 Å². The van der Waals surface area contributed by atoms with Crippen LogP contribution in [-0.4, -0.2) is 41.7 Å². The summed E-state index contributed by atoms with van der Waals surface area (Å²) >= 11 is 0. The summed E-state index contributed by atoms with van der Waals surface area (Å²) in [5.41, 5.74) is 5.61. The van der Waals surface area contributed by atoms with Gasteiger partial charge >= 0.3 is 0 Å². The Bertz CT molecular complexity index is 151. The number of rotatable bonds is 6. The fourth-order valence-electron chi connectivity index (χ4n) is 1.09. The highest BCUT2D eigenvalue weighted by Gasteiger charge is 2.17. The van der Waals surface area contributed by atoms with E-state index >= 15 is 0 Å². The van der Waals surface area contributed by atoms with E-state index in [1.165, 1.54) is 0 Å². The number of hydrogen-bond donors (Lipinski definition) is 2. The van der Waals surface area contributed by atoms with E-state index in [0.717, 1.165) is 0 Å². The quantitative estimate of drug-likeness (QED) is 0.614. The van der Waals surface area contributed by atoms with Crippen LogP contribution in [0.4, 0.5) is 0 Å². The van der Waals surface area contributed by atoms with Crippen molar-refractivity contribution in [2.75, 3.05) is 19.7 Å². The second kappa shape index (κ2) is 6.86. The van der Waals surface area contributed by atoms with Crippen LogP contribution in [-0.2, 0) is 4.79 Å². The molecule has 0 saturated heterocycles. The number of aliphatic hydroxyl groups is 1. The molecular weight excluding hydrogens is 168 g/mol. The van der Waals surface area contributed by atoms with E-state index in [4.69, 9.17) is 10.8 Å². The number of carbonyl (C=O) groups is 1. The van der Waals surface area contributed by atoms with Crippen molar-refractivity contribution in [2.24, 2.45) is 5.73 Å². The molecule has 1 atom stereocenters. The topological polar surface area (TPSA) is 66.6 Å². The first-order valence-corrected chi connectivity index (χ1v) is 4.82. The molecule has 0 radical (unpaired) electrons. The van der Waals surface area contributed by atoms with Crippen molar-refractivity contribution in [1.29, 1.82) is 0 Å². The molecule has 78 valence electrons. The van der Waals surface area contributed by atoms with Crippen molar-refractivity contribution < 1.29 is 9.90 Å². The smallest absolute Gasteiger partial charge is 0.239 e. The Hall–Kier alpha value is -0.610. The first-order chi connectivity index (χ1) is 6.17. The van der Waals surface area contributed by atoms with Crippen molar-refractivity contribution in [3.63, 3.8) is 0 Å². The monoisotopic (exact) mass is 188 g/mol. The fraction of sp³-hybridized carbons (Fsp3) is 0.889. The van der Waals surface area contributed by atoms with Gasteiger partial charge in [-0.15, -0.1) is 0 Å². The molecule has 4 heteroatoms. The van der Waals surface area contributed by atoms with Gasteiger partial charge in [0.25, 0.3) is 0 Å². The number of nitrogens with two attached hydrogens (primary N) is 1. The molecule has 0 unspecified atom stereocenters. The van der Waals surface area contributed by atoms with E-state index in [1.54, 1.807) is 4.90 Å². The minimum absolute atomic E-state index is 0.0153. The number of amides is 1. The first kappa shape index (κ1) is 12.4. The predicted molar refractivity (Wildman–Crippen MR) is 52.2 cm³/mol. The van der Waals surface area contributed by atoms with Gasteiger partial charge in [0, 0.05) is 19.7 Å². The van der Waals surface area contributed by atoms with Gasteiger partial charge in [-0.25, -0.2) is 0 Å². The molecular formula is C9H20N2O2. The zero-order valence-corrected chi connectivity index (χ0v) is 8.49. The van der Waals surface area contributed by atoms with Crippen LogP contribution in [0.3, 0.4) is 0 Å². The molecule has 0 spiro atoms. The van der Waals surface area contributed by atoms with Crippen molar-refractivity contribution >= 4 is 5.91 Å². The highest BCUT2D eigenvalue weighted by molar-refractivity contribution is 5.81. The predicted octanol–water partition coefficient (Wildman–Crippen LogP) is -0.0454. The number of carbonyl (C=O) groups excluding carboxylic acids is 1. The third-order valence-electron chi connectivity index (χ3n) is 2.04. The summed E-state index contributed by atoms with van der Waals surface area (Å²) in [6, 6.07) is -0.390. The summed E-state index contributed by atoms with van der Waals surface area (Å²) in [5.74, 6) is -0.0153. The maximum absolute atomic E-state index is 11.5. The lowest BCUT2D eigenvalue weighted by atomic mass is 10.2. The summed E-state index contributed by atoms with van der Waals surface area (Å²) < 4.78 is 0. The lowest BCUT2D eigenvalue weighted by Gasteiger charge is -2.23. The third kappa shape index (κ3) is 4.24. The van der Waals surface area contributed by atoms with E-state index in [9.17, 15) is 4.79 Å². The minimum Gasteiger partial charge on any atom is -0.396 e. The van der Waals surface area contributed by atoms with E-state index < -0.39 is 6.04 Å². The van der Waals surface area contributed by atoms with E-state index in [0.29, 0.717) is 25.9 Å². The number of likely N-dealkylation sites (N-methyl/N-ethyl adjacent to an activating group) is 1. The molecule has 0 aliphatic carbocycles. The Kier molecular flexibility index (Phi) is 6.54. The molecule has 0 rings (SSSR count). The molecule has 0 saturated carbocycles. The second-order valence-electron chi connectivity index (χ2n) is 3.01. The summed E-state index contributed by atoms with van der Waals surface area (Å²) in [5, 5.41) is 8.62. The van der Waals surface area contributed by atoms with Gasteiger partial charge in [0.2, 0.25) is 5.91 Å². The number of aliphatic hydroxyl groups excluding tert-OH is 1.